The summed E-state index contributed by atoms with van der Waals surface area (Å²) in [5, 5.41) is 3.60. The molecule has 39 heavy (non-hydrogen) atoms. The summed E-state index contributed by atoms with van der Waals surface area (Å²) in [4.78, 5) is 28.7. The van der Waals surface area contributed by atoms with Gasteiger partial charge in [0.05, 0.1) is 13.0 Å². The fourth-order valence-corrected chi connectivity index (χ4v) is 5.48. The quantitative estimate of drug-likeness (QED) is 0.515. The summed E-state index contributed by atoms with van der Waals surface area (Å²) >= 11 is 6.32. The van der Waals surface area contributed by atoms with E-state index in [-0.39, 0.29) is 43.0 Å². The van der Waals surface area contributed by atoms with Crippen molar-refractivity contribution in [2.75, 3.05) is 39.4 Å². The van der Waals surface area contributed by atoms with Crippen molar-refractivity contribution < 1.29 is 27.8 Å². The molecule has 0 radical (unpaired) electrons. The lowest BCUT2D eigenvalue weighted by molar-refractivity contribution is -0.157. The maximum Gasteiger partial charge on any atom is 0.225 e. The minimum Gasteiger partial charge on any atom is -0.490 e. The molecular weight excluding hydrogens is 528 g/mol. The van der Waals surface area contributed by atoms with Gasteiger partial charge in [-0.15, -0.1) is 0 Å². The van der Waals surface area contributed by atoms with Crippen LogP contribution in [0.15, 0.2) is 30.3 Å². The smallest absolute Gasteiger partial charge is 0.225 e. The third-order valence-corrected chi connectivity index (χ3v) is 7.99. The van der Waals surface area contributed by atoms with Gasteiger partial charge in [0.2, 0.25) is 11.8 Å². The first-order chi connectivity index (χ1) is 18.5. The Bertz CT molecular complexity index is 1180. The zero-order chi connectivity index (χ0) is 28.2. The summed E-state index contributed by atoms with van der Waals surface area (Å²) in [5.74, 6) is -1.27. The summed E-state index contributed by atoms with van der Waals surface area (Å²) in [7, 11) is 0. The van der Waals surface area contributed by atoms with E-state index in [9.17, 15) is 18.4 Å². The number of aryl methyl sites for hydroxylation is 2. The lowest BCUT2D eigenvalue weighted by atomic mass is 9.95. The minimum absolute atomic E-state index is 0.0582. The van der Waals surface area contributed by atoms with E-state index < -0.39 is 17.2 Å². The van der Waals surface area contributed by atoms with Gasteiger partial charge in [-0.25, -0.2) is 8.78 Å². The standard InChI is InChI=1S/C29H36ClF2N3O4/c1-19-13-24(14-20(2)27(19)30)38-18-29(15-26(37)35-9-7-23(8-10-35)33-21(3)36)17-34(11-12-39-29)16-22-5-4-6-25(31)28(22)32/h4-6,13-14,23H,7-12,15-18H2,1-3H3,(H,33,36). The van der Waals surface area contributed by atoms with E-state index in [0.29, 0.717) is 56.4 Å². The molecule has 0 bridgehead atoms. The van der Waals surface area contributed by atoms with Crippen LogP contribution < -0.4 is 10.1 Å². The molecule has 0 saturated carbocycles. The molecule has 1 N–H and O–H groups in total. The highest BCUT2D eigenvalue weighted by Gasteiger charge is 2.41. The number of carbonyl (C=O) groups is 2. The second-order valence-electron chi connectivity index (χ2n) is 10.6. The molecule has 2 amide bonds. The van der Waals surface area contributed by atoms with Crippen LogP contribution in [-0.2, 0) is 20.9 Å². The molecule has 2 aromatic carbocycles. The van der Waals surface area contributed by atoms with Gasteiger partial charge in [-0.2, -0.15) is 0 Å². The van der Waals surface area contributed by atoms with Gasteiger partial charge < -0.3 is 19.7 Å². The van der Waals surface area contributed by atoms with Crippen LogP contribution in [0.1, 0.15) is 42.9 Å². The van der Waals surface area contributed by atoms with Crippen molar-refractivity contribution in [2.24, 2.45) is 0 Å². The predicted molar refractivity (Wildman–Crippen MR) is 145 cm³/mol. The first-order valence-corrected chi connectivity index (χ1v) is 13.7. The zero-order valence-corrected chi connectivity index (χ0v) is 23.5. The Morgan fingerprint density at radius 1 is 1.15 bits per heavy atom. The summed E-state index contributed by atoms with van der Waals surface area (Å²) in [6, 6.07) is 7.91. The lowest BCUT2D eigenvalue weighted by Crippen LogP contribution is -2.57. The van der Waals surface area contributed by atoms with Gasteiger partial charge in [0.25, 0.3) is 0 Å². The molecule has 2 heterocycles. The first kappa shape index (κ1) is 29.2. The summed E-state index contributed by atoms with van der Waals surface area (Å²) in [6.07, 6.45) is 1.44. The molecular formula is C29H36ClF2N3O4. The van der Waals surface area contributed by atoms with Crippen molar-refractivity contribution >= 4 is 23.4 Å². The van der Waals surface area contributed by atoms with Crippen LogP contribution in [0.3, 0.4) is 0 Å². The third kappa shape index (κ3) is 7.47. The fraction of sp³-hybridized carbons (Fsp3) is 0.517. The van der Waals surface area contributed by atoms with E-state index in [0.717, 1.165) is 17.2 Å². The molecule has 0 aliphatic carbocycles. The Balaban J connectivity index is 1.50. The van der Waals surface area contributed by atoms with Crippen molar-refractivity contribution in [2.45, 2.75) is 58.2 Å². The molecule has 10 heteroatoms. The molecule has 1 atom stereocenters. The number of morpholine rings is 1. The van der Waals surface area contributed by atoms with E-state index in [2.05, 4.69) is 5.32 Å². The van der Waals surface area contributed by atoms with Crippen molar-refractivity contribution in [3.8, 4) is 5.75 Å². The molecule has 2 aromatic rings. The van der Waals surface area contributed by atoms with Gasteiger partial charge >= 0.3 is 0 Å². The van der Waals surface area contributed by atoms with Gasteiger partial charge in [-0.3, -0.25) is 14.5 Å². The molecule has 7 nitrogen and oxygen atoms in total. The lowest BCUT2D eigenvalue weighted by Gasteiger charge is -2.43. The summed E-state index contributed by atoms with van der Waals surface area (Å²) in [6.45, 7) is 7.78. The van der Waals surface area contributed by atoms with Gasteiger partial charge in [0.1, 0.15) is 18.0 Å². The Hall–Kier alpha value is -2.75. The summed E-state index contributed by atoms with van der Waals surface area (Å²) in [5.41, 5.74) is 1.02. The predicted octanol–water partition coefficient (Wildman–Crippen LogP) is 4.40. The van der Waals surface area contributed by atoms with Crippen molar-refractivity contribution in [1.29, 1.82) is 0 Å². The molecule has 0 spiro atoms. The molecule has 1 unspecified atom stereocenters. The second kappa shape index (κ2) is 12.6. The van der Waals surface area contributed by atoms with Gasteiger partial charge in [-0.05, 0) is 56.0 Å². The van der Waals surface area contributed by atoms with Crippen LogP contribution >= 0.6 is 11.6 Å². The second-order valence-corrected chi connectivity index (χ2v) is 11.0. The maximum absolute atomic E-state index is 14.4. The topological polar surface area (TPSA) is 71.1 Å². The van der Waals surface area contributed by atoms with Crippen LogP contribution in [-0.4, -0.2) is 72.6 Å². The Morgan fingerprint density at radius 2 is 1.85 bits per heavy atom. The van der Waals surface area contributed by atoms with Crippen LogP contribution in [0.5, 0.6) is 5.75 Å². The normalized spacial score (nSPS) is 20.6. The van der Waals surface area contributed by atoms with Crippen LogP contribution in [0.4, 0.5) is 8.78 Å². The number of hydrogen-bond acceptors (Lipinski definition) is 5. The average molecular weight is 564 g/mol. The largest absolute Gasteiger partial charge is 0.490 e. The molecule has 212 valence electrons. The van der Waals surface area contributed by atoms with E-state index in [4.69, 9.17) is 21.1 Å². The number of likely N-dealkylation sites (tertiary alicyclic amines) is 1. The number of amides is 2. The summed E-state index contributed by atoms with van der Waals surface area (Å²) < 4.78 is 40.7. The fourth-order valence-electron chi connectivity index (χ4n) is 5.37. The molecule has 0 aromatic heterocycles. The third-order valence-electron chi connectivity index (χ3n) is 7.39. The minimum atomic E-state index is -0.991. The number of piperidine rings is 1. The SMILES string of the molecule is CC(=O)NC1CCN(C(=O)CC2(COc3cc(C)c(Cl)c(C)c3)CN(Cc3cccc(F)c3F)CCO2)CC1. The number of hydrogen-bond donors (Lipinski definition) is 1. The maximum atomic E-state index is 14.4. The number of carbonyl (C=O) groups excluding carboxylic acids is 2. The van der Waals surface area contributed by atoms with Crippen LogP contribution in [0.25, 0.3) is 0 Å². The number of halogens is 3. The number of benzene rings is 2. The zero-order valence-electron chi connectivity index (χ0n) is 22.7. The van der Waals surface area contributed by atoms with E-state index in [1.54, 1.807) is 11.0 Å². The van der Waals surface area contributed by atoms with E-state index >= 15 is 0 Å². The number of nitrogens with one attached hydrogen (secondary N) is 1. The first-order valence-electron chi connectivity index (χ1n) is 13.3. The highest BCUT2D eigenvalue weighted by molar-refractivity contribution is 6.32. The van der Waals surface area contributed by atoms with Crippen molar-refractivity contribution in [3.63, 3.8) is 0 Å². The van der Waals surface area contributed by atoms with Crippen LogP contribution in [0.2, 0.25) is 5.02 Å². The van der Waals surface area contributed by atoms with E-state index in [1.807, 2.05) is 30.9 Å². The van der Waals surface area contributed by atoms with Gasteiger partial charge in [-0.1, -0.05) is 23.7 Å². The van der Waals surface area contributed by atoms with Gasteiger partial charge in [0.15, 0.2) is 11.6 Å². The number of ether oxygens (including phenoxy) is 2. The van der Waals surface area contributed by atoms with Crippen molar-refractivity contribution in [1.82, 2.24) is 15.1 Å². The molecule has 2 aliphatic rings. The van der Waals surface area contributed by atoms with Crippen molar-refractivity contribution in [3.05, 3.63) is 63.7 Å². The van der Waals surface area contributed by atoms with E-state index in [1.165, 1.54) is 13.0 Å². The van der Waals surface area contributed by atoms with Gasteiger partial charge in [0, 0.05) is 56.3 Å². The molecule has 2 fully saturated rings. The molecule has 2 saturated heterocycles. The highest BCUT2D eigenvalue weighted by atomic mass is 35.5. The number of nitrogens with zero attached hydrogens (tertiary/aromatic N) is 2. The molecule has 2 aliphatic heterocycles. The highest BCUT2D eigenvalue weighted by Crippen LogP contribution is 2.30. The molecule has 4 rings (SSSR count). The van der Waals surface area contributed by atoms with Crippen LogP contribution in [0, 0.1) is 25.5 Å². The average Bonchev–Trinajstić information content (AvgIpc) is 2.89. The Labute approximate surface area is 233 Å². The Kier molecular flexibility index (Phi) is 9.46. The number of rotatable bonds is 8. The Morgan fingerprint density at radius 3 is 2.51 bits per heavy atom. The monoisotopic (exact) mass is 563 g/mol.